The zero-order valence-corrected chi connectivity index (χ0v) is 11.2. The topological polar surface area (TPSA) is 56.3 Å². The maximum absolute atomic E-state index is 5.29. The van der Waals surface area contributed by atoms with Crippen LogP contribution in [0.15, 0.2) is 22.9 Å². The summed E-state index contributed by atoms with van der Waals surface area (Å²) in [5.41, 5.74) is 2.19. The Morgan fingerprint density at radius 3 is 3.16 bits per heavy atom. The van der Waals surface area contributed by atoms with Crippen molar-refractivity contribution in [1.82, 2.24) is 19.8 Å². The van der Waals surface area contributed by atoms with Crippen molar-refractivity contribution in [2.24, 2.45) is 0 Å². The van der Waals surface area contributed by atoms with Gasteiger partial charge in [-0.1, -0.05) is 5.16 Å². The van der Waals surface area contributed by atoms with E-state index in [0.29, 0.717) is 6.61 Å². The van der Waals surface area contributed by atoms with E-state index in [-0.39, 0.29) is 6.04 Å². The summed E-state index contributed by atoms with van der Waals surface area (Å²) in [7, 11) is 1.73. The second kappa shape index (κ2) is 5.14. The molecule has 6 nitrogen and oxygen atoms in total. The Balaban J connectivity index is 1.75. The van der Waals surface area contributed by atoms with Gasteiger partial charge in [0.25, 0.3) is 0 Å². The summed E-state index contributed by atoms with van der Waals surface area (Å²) in [5, 5.41) is 8.43. The van der Waals surface area contributed by atoms with Crippen LogP contribution in [0.4, 0.5) is 0 Å². The first-order chi connectivity index (χ1) is 9.26. The molecule has 3 heterocycles. The highest BCUT2D eigenvalue weighted by molar-refractivity contribution is 5.08. The van der Waals surface area contributed by atoms with Crippen molar-refractivity contribution in [2.45, 2.75) is 26.1 Å². The molecule has 1 aliphatic heterocycles. The summed E-state index contributed by atoms with van der Waals surface area (Å²) in [4.78, 5) is 2.35. The molecule has 102 valence electrons. The Labute approximate surface area is 111 Å². The Morgan fingerprint density at radius 1 is 1.53 bits per heavy atom. The molecule has 1 aliphatic rings. The molecule has 0 spiro atoms. The average molecular weight is 262 g/mol. The van der Waals surface area contributed by atoms with Crippen molar-refractivity contribution in [1.29, 1.82) is 0 Å². The highest BCUT2D eigenvalue weighted by atomic mass is 16.5. The van der Waals surface area contributed by atoms with Crippen LogP contribution in [0.3, 0.4) is 0 Å². The van der Waals surface area contributed by atoms with E-state index in [0.717, 1.165) is 31.1 Å². The van der Waals surface area contributed by atoms with E-state index in [4.69, 9.17) is 9.26 Å². The lowest BCUT2D eigenvalue weighted by Crippen LogP contribution is -2.39. The Bertz CT molecular complexity index is 548. The van der Waals surface area contributed by atoms with Crippen LogP contribution in [0.5, 0.6) is 0 Å². The summed E-state index contributed by atoms with van der Waals surface area (Å²) < 4.78 is 12.5. The van der Waals surface area contributed by atoms with Crippen LogP contribution in [0.2, 0.25) is 0 Å². The van der Waals surface area contributed by atoms with Gasteiger partial charge in [-0.25, -0.2) is 0 Å². The molecule has 0 fully saturated rings. The first-order valence-corrected chi connectivity index (χ1v) is 6.42. The van der Waals surface area contributed by atoms with E-state index in [1.807, 2.05) is 19.2 Å². The number of rotatable bonds is 4. The molecule has 0 saturated carbocycles. The van der Waals surface area contributed by atoms with Crippen LogP contribution in [0, 0.1) is 6.92 Å². The first kappa shape index (κ1) is 12.4. The monoisotopic (exact) mass is 262 g/mol. The predicted molar refractivity (Wildman–Crippen MR) is 68.5 cm³/mol. The molecule has 0 radical (unpaired) electrons. The van der Waals surface area contributed by atoms with E-state index in [1.54, 1.807) is 7.11 Å². The highest BCUT2D eigenvalue weighted by Crippen LogP contribution is 2.22. The molecule has 3 rings (SSSR count). The standard InChI is InChI=1S/C13H18N4O2/c1-10-5-11(15-19-10)6-16-7-12-3-4-14-17(12)13(8-16)9-18-2/h3-5,13H,6-9H2,1-2H3. The molecule has 2 aromatic heterocycles. The fraction of sp³-hybridized carbons (Fsp3) is 0.538. The van der Waals surface area contributed by atoms with Gasteiger partial charge in [-0.2, -0.15) is 5.10 Å². The van der Waals surface area contributed by atoms with E-state index in [9.17, 15) is 0 Å². The van der Waals surface area contributed by atoms with E-state index in [1.165, 1.54) is 5.69 Å². The van der Waals surface area contributed by atoms with Crippen LogP contribution in [-0.4, -0.2) is 40.1 Å². The third-order valence-corrected chi connectivity index (χ3v) is 3.37. The minimum Gasteiger partial charge on any atom is -0.382 e. The minimum atomic E-state index is 0.261. The van der Waals surface area contributed by atoms with Crippen LogP contribution in [0.25, 0.3) is 0 Å². The average Bonchev–Trinajstić information content (AvgIpc) is 2.99. The van der Waals surface area contributed by atoms with Crippen molar-refractivity contribution >= 4 is 0 Å². The largest absolute Gasteiger partial charge is 0.382 e. The summed E-state index contributed by atoms with van der Waals surface area (Å²) in [6.45, 7) is 5.17. The highest BCUT2D eigenvalue weighted by Gasteiger charge is 2.25. The number of aryl methyl sites for hydroxylation is 1. The maximum Gasteiger partial charge on any atom is 0.133 e. The van der Waals surface area contributed by atoms with Gasteiger partial charge in [0.2, 0.25) is 0 Å². The van der Waals surface area contributed by atoms with Crippen LogP contribution >= 0.6 is 0 Å². The van der Waals surface area contributed by atoms with Crippen LogP contribution in [-0.2, 0) is 17.8 Å². The first-order valence-electron chi connectivity index (χ1n) is 6.42. The molecule has 2 aromatic rings. The van der Waals surface area contributed by atoms with Gasteiger partial charge < -0.3 is 9.26 Å². The maximum atomic E-state index is 5.29. The SMILES string of the molecule is COCC1CN(Cc2cc(C)on2)Cc2ccnn21. The zero-order chi connectivity index (χ0) is 13.2. The predicted octanol–water partition coefficient (Wildman–Crippen LogP) is 1.38. The van der Waals surface area contributed by atoms with Crippen molar-refractivity contribution < 1.29 is 9.26 Å². The van der Waals surface area contributed by atoms with Gasteiger partial charge in [0.15, 0.2) is 0 Å². The van der Waals surface area contributed by atoms with Gasteiger partial charge in [0, 0.05) is 39.0 Å². The molecule has 0 aromatic carbocycles. The Kier molecular flexibility index (Phi) is 3.35. The third kappa shape index (κ3) is 2.54. The molecule has 0 aliphatic carbocycles. The number of nitrogens with zero attached hydrogens (tertiary/aromatic N) is 4. The van der Waals surface area contributed by atoms with Crippen molar-refractivity contribution in [3.05, 3.63) is 35.5 Å². The lowest BCUT2D eigenvalue weighted by atomic mass is 10.2. The van der Waals surface area contributed by atoms with Gasteiger partial charge in [-0.3, -0.25) is 9.58 Å². The fourth-order valence-corrected chi connectivity index (χ4v) is 2.62. The molecule has 0 saturated heterocycles. The summed E-state index contributed by atoms with van der Waals surface area (Å²) in [5.74, 6) is 0.852. The number of aromatic nitrogens is 3. The summed E-state index contributed by atoms with van der Waals surface area (Å²) in [6, 6.07) is 4.30. The zero-order valence-electron chi connectivity index (χ0n) is 11.2. The van der Waals surface area contributed by atoms with Crippen molar-refractivity contribution in [3.8, 4) is 0 Å². The second-order valence-corrected chi connectivity index (χ2v) is 4.97. The molecule has 0 amide bonds. The van der Waals surface area contributed by atoms with Gasteiger partial charge >= 0.3 is 0 Å². The molecule has 0 N–H and O–H groups in total. The van der Waals surface area contributed by atoms with Gasteiger partial charge in [-0.15, -0.1) is 0 Å². The van der Waals surface area contributed by atoms with E-state index in [2.05, 4.69) is 25.9 Å². The molecular formula is C13H18N4O2. The second-order valence-electron chi connectivity index (χ2n) is 4.97. The molecule has 6 heteroatoms. The van der Waals surface area contributed by atoms with Crippen molar-refractivity contribution in [2.75, 3.05) is 20.3 Å². The molecule has 1 unspecified atom stereocenters. The van der Waals surface area contributed by atoms with Crippen LogP contribution in [0.1, 0.15) is 23.2 Å². The summed E-state index contributed by atoms with van der Waals surface area (Å²) in [6.07, 6.45) is 1.85. The van der Waals surface area contributed by atoms with Crippen LogP contribution < -0.4 is 0 Å². The Hall–Kier alpha value is -1.66. The lowest BCUT2D eigenvalue weighted by molar-refractivity contribution is 0.0896. The number of methoxy groups -OCH3 is 1. The number of fused-ring (bicyclic) bond motifs is 1. The van der Waals surface area contributed by atoms with Gasteiger partial charge in [-0.05, 0) is 13.0 Å². The minimum absolute atomic E-state index is 0.261. The smallest absolute Gasteiger partial charge is 0.133 e. The van der Waals surface area contributed by atoms with Crippen molar-refractivity contribution in [3.63, 3.8) is 0 Å². The molecule has 0 bridgehead atoms. The molecule has 19 heavy (non-hydrogen) atoms. The quantitative estimate of drug-likeness (QED) is 0.833. The van der Waals surface area contributed by atoms with Gasteiger partial charge in [0.1, 0.15) is 5.76 Å². The van der Waals surface area contributed by atoms with E-state index >= 15 is 0 Å². The normalized spacial score (nSPS) is 19.6. The molecular weight excluding hydrogens is 244 g/mol. The Morgan fingerprint density at radius 2 is 2.42 bits per heavy atom. The lowest BCUT2D eigenvalue weighted by Gasteiger charge is -2.32. The third-order valence-electron chi connectivity index (χ3n) is 3.37. The molecule has 1 atom stereocenters. The summed E-state index contributed by atoms with van der Waals surface area (Å²) >= 11 is 0. The number of hydrogen-bond donors (Lipinski definition) is 0. The van der Waals surface area contributed by atoms with Gasteiger partial charge in [0.05, 0.1) is 24.0 Å². The van der Waals surface area contributed by atoms with E-state index < -0.39 is 0 Å². The number of ether oxygens (including phenoxy) is 1. The fourth-order valence-electron chi connectivity index (χ4n) is 2.62. The number of hydrogen-bond acceptors (Lipinski definition) is 5.